The van der Waals surface area contributed by atoms with Crippen LogP contribution in [-0.2, 0) is 9.53 Å². The molecule has 0 bridgehead atoms. The summed E-state index contributed by atoms with van der Waals surface area (Å²) in [5, 5.41) is 8.41. The van der Waals surface area contributed by atoms with Crippen molar-refractivity contribution in [2.24, 2.45) is 5.92 Å². The molecule has 3 nitrogen and oxygen atoms in total. The van der Waals surface area contributed by atoms with Crippen molar-refractivity contribution in [3.8, 4) is 0 Å². The Labute approximate surface area is 72.7 Å². The lowest BCUT2D eigenvalue weighted by Crippen LogP contribution is -2.27. The van der Waals surface area contributed by atoms with E-state index < -0.39 is 5.97 Å². The minimum absolute atomic E-state index is 0.144. The van der Waals surface area contributed by atoms with Gasteiger partial charge in [-0.25, -0.2) is 4.79 Å². The standard InChI is InChI=1S/C9H16O3/c1-7-4-2-3-5-8(7)12-6-9(10)11/h7-8H,2-6H2,1H3,(H,10,11)/t7-,8+/m1/s1. The van der Waals surface area contributed by atoms with E-state index in [1.165, 1.54) is 19.3 Å². The number of carboxylic acids is 1. The minimum atomic E-state index is -0.868. The summed E-state index contributed by atoms with van der Waals surface area (Å²) in [4.78, 5) is 10.2. The number of aliphatic carboxylic acids is 1. The highest BCUT2D eigenvalue weighted by molar-refractivity contribution is 5.68. The van der Waals surface area contributed by atoms with Gasteiger partial charge >= 0.3 is 5.97 Å². The summed E-state index contributed by atoms with van der Waals surface area (Å²) < 4.78 is 5.26. The van der Waals surface area contributed by atoms with Crippen molar-refractivity contribution in [2.75, 3.05) is 6.61 Å². The average Bonchev–Trinajstić information content (AvgIpc) is 2.03. The van der Waals surface area contributed by atoms with E-state index in [1.54, 1.807) is 0 Å². The lowest BCUT2D eigenvalue weighted by atomic mass is 9.88. The number of carbonyl (C=O) groups is 1. The van der Waals surface area contributed by atoms with Crippen LogP contribution in [-0.4, -0.2) is 23.8 Å². The van der Waals surface area contributed by atoms with Gasteiger partial charge in [-0.2, -0.15) is 0 Å². The zero-order valence-electron chi connectivity index (χ0n) is 7.45. The topological polar surface area (TPSA) is 46.5 Å². The van der Waals surface area contributed by atoms with Crippen molar-refractivity contribution in [3.05, 3.63) is 0 Å². The molecule has 0 amide bonds. The second kappa shape index (κ2) is 4.45. The molecule has 1 fully saturated rings. The van der Waals surface area contributed by atoms with Gasteiger partial charge in [0.1, 0.15) is 6.61 Å². The molecule has 0 aromatic carbocycles. The fraction of sp³-hybridized carbons (Fsp3) is 0.889. The average molecular weight is 172 g/mol. The smallest absolute Gasteiger partial charge is 0.329 e. The van der Waals surface area contributed by atoms with E-state index >= 15 is 0 Å². The van der Waals surface area contributed by atoms with Gasteiger partial charge in [-0.15, -0.1) is 0 Å². The Morgan fingerprint density at radius 1 is 1.50 bits per heavy atom. The van der Waals surface area contributed by atoms with E-state index in [0.717, 1.165) is 6.42 Å². The van der Waals surface area contributed by atoms with Crippen LogP contribution >= 0.6 is 0 Å². The van der Waals surface area contributed by atoms with Gasteiger partial charge in [-0.05, 0) is 18.8 Å². The first-order valence-electron chi connectivity index (χ1n) is 4.53. The molecular formula is C9H16O3. The Morgan fingerprint density at radius 2 is 2.17 bits per heavy atom. The quantitative estimate of drug-likeness (QED) is 0.704. The van der Waals surface area contributed by atoms with Crippen molar-refractivity contribution in [3.63, 3.8) is 0 Å². The van der Waals surface area contributed by atoms with Crippen molar-refractivity contribution in [2.45, 2.75) is 38.7 Å². The highest BCUT2D eigenvalue weighted by Gasteiger charge is 2.22. The predicted octanol–water partition coefficient (Wildman–Crippen LogP) is 1.67. The first kappa shape index (κ1) is 9.52. The summed E-state index contributed by atoms with van der Waals surface area (Å²) in [6.45, 7) is 1.99. The highest BCUT2D eigenvalue weighted by Crippen LogP contribution is 2.25. The molecule has 1 N–H and O–H groups in total. The van der Waals surface area contributed by atoms with Gasteiger partial charge in [0.2, 0.25) is 0 Å². The Hall–Kier alpha value is -0.570. The Balaban J connectivity index is 2.24. The van der Waals surface area contributed by atoms with Gasteiger partial charge in [-0.1, -0.05) is 19.8 Å². The van der Waals surface area contributed by atoms with E-state index in [0.29, 0.717) is 5.92 Å². The molecule has 0 spiro atoms. The molecule has 0 aromatic rings. The van der Waals surface area contributed by atoms with E-state index in [-0.39, 0.29) is 12.7 Å². The first-order valence-corrected chi connectivity index (χ1v) is 4.53. The molecule has 1 rings (SSSR count). The maximum atomic E-state index is 10.2. The minimum Gasteiger partial charge on any atom is -0.480 e. The molecule has 0 radical (unpaired) electrons. The molecule has 1 saturated carbocycles. The number of hydrogen-bond donors (Lipinski definition) is 1. The first-order chi connectivity index (χ1) is 5.70. The normalized spacial score (nSPS) is 30.1. The SMILES string of the molecule is C[C@@H]1CCCC[C@@H]1OCC(=O)O. The largest absolute Gasteiger partial charge is 0.480 e. The summed E-state index contributed by atoms with van der Waals surface area (Å²) in [6, 6.07) is 0. The molecule has 0 aliphatic heterocycles. The Morgan fingerprint density at radius 3 is 2.75 bits per heavy atom. The van der Waals surface area contributed by atoms with E-state index in [1.807, 2.05) is 0 Å². The van der Waals surface area contributed by atoms with Crippen LogP contribution in [0.3, 0.4) is 0 Å². The number of hydrogen-bond acceptors (Lipinski definition) is 2. The molecule has 0 aromatic heterocycles. The van der Waals surface area contributed by atoms with Gasteiger partial charge in [0, 0.05) is 0 Å². The van der Waals surface area contributed by atoms with Gasteiger partial charge in [0.15, 0.2) is 0 Å². The van der Waals surface area contributed by atoms with Crippen molar-refractivity contribution in [1.82, 2.24) is 0 Å². The summed E-state index contributed by atoms with van der Waals surface area (Å²) >= 11 is 0. The third-order valence-corrected chi connectivity index (χ3v) is 2.45. The van der Waals surface area contributed by atoms with Crippen molar-refractivity contribution < 1.29 is 14.6 Å². The highest BCUT2D eigenvalue weighted by atomic mass is 16.5. The van der Waals surface area contributed by atoms with E-state index in [9.17, 15) is 4.79 Å². The molecule has 70 valence electrons. The van der Waals surface area contributed by atoms with Gasteiger partial charge in [-0.3, -0.25) is 0 Å². The van der Waals surface area contributed by atoms with Crippen molar-refractivity contribution >= 4 is 5.97 Å². The second-order valence-electron chi connectivity index (χ2n) is 3.50. The molecule has 0 unspecified atom stereocenters. The van der Waals surface area contributed by atoms with Crippen LogP contribution < -0.4 is 0 Å². The maximum absolute atomic E-state index is 10.2. The third kappa shape index (κ3) is 2.81. The molecular weight excluding hydrogens is 156 g/mol. The molecule has 1 aliphatic carbocycles. The van der Waals surface area contributed by atoms with Crippen LogP contribution in [0.4, 0.5) is 0 Å². The predicted molar refractivity (Wildman–Crippen MR) is 45.0 cm³/mol. The van der Waals surface area contributed by atoms with Crippen molar-refractivity contribution in [1.29, 1.82) is 0 Å². The van der Waals surface area contributed by atoms with Crippen LogP contribution in [0.1, 0.15) is 32.6 Å². The van der Waals surface area contributed by atoms with Crippen LogP contribution in [0, 0.1) is 5.92 Å². The van der Waals surface area contributed by atoms with Gasteiger partial charge < -0.3 is 9.84 Å². The lowest BCUT2D eigenvalue weighted by molar-refractivity contribution is -0.146. The fourth-order valence-electron chi connectivity index (χ4n) is 1.71. The fourth-order valence-corrected chi connectivity index (χ4v) is 1.71. The molecule has 12 heavy (non-hydrogen) atoms. The summed E-state index contributed by atoms with van der Waals surface area (Å²) in [7, 11) is 0. The van der Waals surface area contributed by atoms with E-state index in [2.05, 4.69) is 6.92 Å². The monoisotopic (exact) mass is 172 g/mol. The summed E-state index contributed by atoms with van der Waals surface area (Å²) in [5.41, 5.74) is 0. The molecule has 3 heteroatoms. The number of carboxylic acid groups (broad SMARTS) is 1. The maximum Gasteiger partial charge on any atom is 0.329 e. The molecule has 0 saturated heterocycles. The molecule has 1 aliphatic rings. The Kier molecular flexibility index (Phi) is 3.53. The number of ether oxygens (including phenoxy) is 1. The molecule has 0 heterocycles. The van der Waals surface area contributed by atoms with E-state index in [4.69, 9.17) is 9.84 Å². The number of rotatable bonds is 3. The Bertz CT molecular complexity index is 156. The molecule has 2 atom stereocenters. The van der Waals surface area contributed by atoms with Gasteiger partial charge in [0.05, 0.1) is 6.10 Å². The summed E-state index contributed by atoms with van der Waals surface area (Å²) in [6.07, 6.45) is 4.80. The van der Waals surface area contributed by atoms with Crippen LogP contribution in [0.5, 0.6) is 0 Å². The zero-order valence-corrected chi connectivity index (χ0v) is 7.45. The third-order valence-electron chi connectivity index (χ3n) is 2.45. The second-order valence-corrected chi connectivity index (χ2v) is 3.50. The van der Waals surface area contributed by atoms with Gasteiger partial charge in [0.25, 0.3) is 0 Å². The zero-order chi connectivity index (χ0) is 8.97. The lowest BCUT2D eigenvalue weighted by Gasteiger charge is -2.27. The van der Waals surface area contributed by atoms with Crippen LogP contribution in [0.25, 0.3) is 0 Å². The van der Waals surface area contributed by atoms with Crippen LogP contribution in [0.15, 0.2) is 0 Å². The van der Waals surface area contributed by atoms with Crippen LogP contribution in [0.2, 0.25) is 0 Å². The summed E-state index contributed by atoms with van der Waals surface area (Å²) in [5.74, 6) is -0.342.